The van der Waals surface area contributed by atoms with Gasteiger partial charge in [-0.2, -0.15) is 0 Å². The highest BCUT2D eigenvalue weighted by Crippen LogP contribution is 2.08. The van der Waals surface area contributed by atoms with Gasteiger partial charge in [0.15, 0.2) is 0 Å². The number of methoxy groups -OCH3 is 1. The summed E-state index contributed by atoms with van der Waals surface area (Å²) in [5, 5.41) is 3.16. The molecule has 1 aliphatic heterocycles. The van der Waals surface area contributed by atoms with Crippen LogP contribution in [-0.4, -0.2) is 50.1 Å². The summed E-state index contributed by atoms with van der Waals surface area (Å²) in [6.45, 7) is 1.53. The maximum absolute atomic E-state index is 11.8. The summed E-state index contributed by atoms with van der Waals surface area (Å²) in [5.74, 6) is -0.0952. The lowest BCUT2D eigenvalue weighted by Crippen LogP contribution is -2.42. The molecule has 0 aliphatic carbocycles. The van der Waals surface area contributed by atoms with Crippen molar-refractivity contribution in [2.45, 2.75) is 31.7 Å². The van der Waals surface area contributed by atoms with Gasteiger partial charge in [0.1, 0.15) is 0 Å². The van der Waals surface area contributed by atoms with E-state index in [1.807, 2.05) is 0 Å². The van der Waals surface area contributed by atoms with Gasteiger partial charge in [-0.25, -0.2) is 0 Å². The van der Waals surface area contributed by atoms with E-state index in [4.69, 9.17) is 0 Å². The summed E-state index contributed by atoms with van der Waals surface area (Å²) in [4.78, 5) is 24.4. The largest absolute Gasteiger partial charge is 0.469 e. The van der Waals surface area contributed by atoms with Gasteiger partial charge in [-0.3, -0.25) is 9.59 Å². The van der Waals surface area contributed by atoms with Gasteiger partial charge in [0.25, 0.3) is 0 Å². The average molecular weight is 228 g/mol. The van der Waals surface area contributed by atoms with Gasteiger partial charge in [0.05, 0.1) is 13.2 Å². The van der Waals surface area contributed by atoms with Gasteiger partial charge in [-0.05, 0) is 25.8 Å². The highest BCUT2D eigenvalue weighted by molar-refractivity contribution is 5.82. The molecule has 0 saturated carbocycles. The van der Waals surface area contributed by atoms with Crippen LogP contribution in [0.1, 0.15) is 25.7 Å². The van der Waals surface area contributed by atoms with E-state index in [0.29, 0.717) is 19.4 Å². The van der Waals surface area contributed by atoms with E-state index in [9.17, 15) is 9.59 Å². The number of hydrogen-bond acceptors (Lipinski definition) is 4. The number of nitrogens with one attached hydrogen (secondary N) is 1. The third-order valence-electron chi connectivity index (χ3n) is 2.84. The van der Waals surface area contributed by atoms with Crippen molar-refractivity contribution < 1.29 is 14.3 Å². The molecule has 5 heteroatoms. The molecule has 1 fully saturated rings. The first-order valence-corrected chi connectivity index (χ1v) is 5.70. The van der Waals surface area contributed by atoms with Crippen molar-refractivity contribution in [3.05, 3.63) is 0 Å². The number of nitrogens with zero attached hydrogens (tertiary/aromatic N) is 1. The molecule has 0 spiro atoms. The van der Waals surface area contributed by atoms with Gasteiger partial charge in [-0.15, -0.1) is 0 Å². The van der Waals surface area contributed by atoms with Crippen LogP contribution in [0.25, 0.3) is 0 Å². The van der Waals surface area contributed by atoms with E-state index in [-0.39, 0.29) is 17.9 Å². The number of esters is 1. The predicted molar refractivity (Wildman–Crippen MR) is 59.9 cm³/mol. The van der Waals surface area contributed by atoms with Crippen molar-refractivity contribution in [3.63, 3.8) is 0 Å². The molecule has 0 aromatic heterocycles. The van der Waals surface area contributed by atoms with E-state index in [0.717, 1.165) is 19.4 Å². The molecule has 1 aliphatic rings. The second kappa shape index (κ2) is 6.48. The molecule has 1 heterocycles. The normalized spacial score (nSPS) is 19.5. The molecule has 0 bridgehead atoms. The van der Waals surface area contributed by atoms with Crippen molar-refractivity contribution in [2.24, 2.45) is 0 Å². The third kappa shape index (κ3) is 3.81. The van der Waals surface area contributed by atoms with Crippen molar-refractivity contribution >= 4 is 11.9 Å². The minimum atomic E-state index is -0.222. The monoisotopic (exact) mass is 228 g/mol. The predicted octanol–water partition coefficient (Wildman–Crippen LogP) is 0.150. The van der Waals surface area contributed by atoms with Crippen LogP contribution in [0.3, 0.4) is 0 Å². The van der Waals surface area contributed by atoms with Crippen molar-refractivity contribution in [1.82, 2.24) is 10.2 Å². The van der Waals surface area contributed by atoms with E-state index in [2.05, 4.69) is 10.1 Å². The molecular formula is C11H20N2O3. The number of carbonyl (C=O) groups is 2. The Hall–Kier alpha value is -1.10. The van der Waals surface area contributed by atoms with Gasteiger partial charge >= 0.3 is 5.97 Å². The van der Waals surface area contributed by atoms with Gasteiger partial charge < -0.3 is 15.0 Å². The lowest BCUT2D eigenvalue weighted by atomic mass is 10.2. The summed E-state index contributed by atoms with van der Waals surface area (Å²) in [6, 6.07) is -0.0249. The fraction of sp³-hybridized carbons (Fsp3) is 0.818. The molecule has 16 heavy (non-hydrogen) atoms. The van der Waals surface area contributed by atoms with Gasteiger partial charge in [-0.1, -0.05) is 0 Å². The van der Waals surface area contributed by atoms with Crippen LogP contribution in [0.5, 0.6) is 0 Å². The highest BCUT2D eigenvalue weighted by Gasteiger charge is 2.24. The number of likely N-dealkylation sites (N-methyl/N-ethyl adjacent to an activating group) is 1. The van der Waals surface area contributed by atoms with E-state index >= 15 is 0 Å². The highest BCUT2D eigenvalue weighted by atomic mass is 16.5. The number of carbonyl (C=O) groups excluding carboxylic acids is 2. The van der Waals surface area contributed by atoms with Crippen LogP contribution < -0.4 is 5.32 Å². The molecule has 5 nitrogen and oxygen atoms in total. The first-order chi connectivity index (χ1) is 7.65. The van der Waals surface area contributed by atoms with Crippen molar-refractivity contribution in [1.29, 1.82) is 0 Å². The van der Waals surface area contributed by atoms with Crippen LogP contribution in [0, 0.1) is 0 Å². The van der Waals surface area contributed by atoms with Crippen LogP contribution in [0.2, 0.25) is 0 Å². The smallest absolute Gasteiger partial charge is 0.305 e. The van der Waals surface area contributed by atoms with Gasteiger partial charge in [0.2, 0.25) is 5.91 Å². The van der Waals surface area contributed by atoms with E-state index in [1.165, 1.54) is 7.11 Å². The topological polar surface area (TPSA) is 58.6 Å². The molecule has 0 aromatic rings. The average Bonchev–Trinajstić information content (AvgIpc) is 2.81. The van der Waals surface area contributed by atoms with Gasteiger partial charge in [0, 0.05) is 20.0 Å². The zero-order chi connectivity index (χ0) is 12.0. The number of ether oxygens (including phenoxy) is 1. The van der Waals surface area contributed by atoms with Crippen LogP contribution >= 0.6 is 0 Å². The summed E-state index contributed by atoms with van der Waals surface area (Å²) < 4.78 is 4.54. The Morgan fingerprint density at radius 2 is 2.25 bits per heavy atom. The number of rotatable bonds is 5. The molecule has 1 atom stereocenters. The maximum Gasteiger partial charge on any atom is 0.305 e. The van der Waals surface area contributed by atoms with E-state index in [1.54, 1.807) is 11.9 Å². The minimum Gasteiger partial charge on any atom is -0.469 e. The lowest BCUT2D eigenvalue weighted by Gasteiger charge is -2.20. The minimum absolute atomic E-state index is 0.0249. The zero-order valence-corrected chi connectivity index (χ0v) is 9.99. The van der Waals surface area contributed by atoms with Crippen LogP contribution in [0.15, 0.2) is 0 Å². The van der Waals surface area contributed by atoms with Crippen molar-refractivity contribution in [3.8, 4) is 0 Å². The first-order valence-electron chi connectivity index (χ1n) is 5.70. The Morgan fingerprint density at radius 3 is 2.81 bits per heavy atom. The maximum atomic E-state index is 11.8. The molecule has 92 valence electrons. The van der Waals surface area contributed by atoms with Crippen LogP contribution in [0.4, 0.5) is 0 Å². The number of amides is 1. The van der Waals surface area contributed by atoms with E-state index < -0.39 is 0 Å². The Labute approximate surface area is 96.1 Å². The Bertz CT molecular complexity index is 250. The fourth-order valence-corrected chi connectivity index (χ4v) is 1.83. The van der Waals surface area contributed by atoms with Crippen LogP contribution in [-0.2, 0) is 14.3 Å². The second-order valence-corrected chi connectivity index (χ2v) is 4.09. The molecule has 0 radical (unpaired) electrons. The third-order valence-corrected chi connectivity index (χ3v) is 2.84. The molecular weight excluding hydrogens is 208 g/mol. The summed E-state index contributed by atoms with van der Waals surface area (Å²) in [7, 11) is 3.15. The molecule has 1 saturated heterocycles. The molecule has 1 amide bonds. The number of hydrogen-bond donors (Lipinski definition) is 1. The molecule has 1 rings (SSSR count). The van der Waals surface area contributed by atoms with Crippen molar-refractivity contribution in [2.75, 3.05) is 27.2 Å². The Balaban J connectivity index is 2.20. The molecule has 1 N–H and O–H groups in total. The summed E-state index contributed by atoms with van der Waals surface area (Å²) >= 11 is 0. The quantitative estimate of drug-likeness (QED) is 0.680. The molecule has 0 unspecified atom stereocenters. The Morgan fingerprint density at radius 1 is 1.50 bits per heavy atom. The summed E-state index contributed by atoms with van der Waals surface area (Å²) in [6.07, 6.45) is 3.00. The standard InChI is InChI=1S/C11H20N2O3/c1-13(8-4-6-10(14)16-2)11(15)9-5-3-7-12-9/h9,12H,3-8H2,1-2H3/t9-/m1/s1. The second-order valence-electron chi connectivity index (χ2n) is 4.09. The molecule has 0 aromatic carbocycles. The summed E-state index contributed by atoms with van der Waals surface area (Å²) in [5.41, 5.74) is 0. The SMILES string of the molecule is COC(=O)CCCN(C)C(=O)[C@H]1CCCN1. The fourth-order valence-electron chi connectivity index (χ4n) is 1.83. The first kappa shape index (κ1) is 13.0. The zero-order valence-electron chi connectivity index (χ0n) is 9.99. The Kier molecular flexibility index (Phi) is 5.25. The lowest BCUT2D eigenvalue weighted by molar-refractivity contribution is -0.141.